The molecule has 3 aromatic heterocycles. The largest absolute Gasteiger partial charge is 0.383 e. The van der Waals surface area contributed by atoms with Crippen LogP contribution in [-0.4, -0.2) is 43.7 Å². The molecule has 1 aromatic carbocycles. The number of hydrogen-bond acceptors (Lipinski definition) is 6. The summed E-state index contributed by atoms with van der Waals surface area (Å²) in [7, 11) is 0. The number of H-pyrrole nitrogens is 1. The van der Waals surface area contributed by atoms with Crippen molar-refractivity contribution in [2.75, 3.05) is 18.8 Å². The maximum Gasteiger partial charge on any atom is 0.251 e. The predicted octanol–water partition coefficient (Wildman–Crippen LogP) is 3.04. The quantitative estimate of drug-likeness (QED) is 0.351. The molecule has 0 fully saturated rings. The molecule has 162 valence electrons. The van der Waals surface area contributed by atoms with E-state index in [0.717, 1.165) is 17.3 Å². The lowest BCUT2D eigenvalue weighted by Crippen LogP contribution is -2.25. The highest BCUT2D eigenvalue weighted by Crippen LogP contribution is 2.39. The Labute approximate surface area is 184 Å². The third-order valence-corrected chi connectivity index (χ3v) is 5.42. The number of nitrogen functional groups attached to an aromatic ring is 1. The van der Waals surface area contributed by atoms with E-state index in [2.05, 4.69) is 20.3 Å². The number of carbonyl (C=O) groups is 1. The Bertz CT molecular complexity index is 1280. The van der Waals surface area contributed by atoms with Crippen LogP contribution in [0.1, 0.15) is 37.6 Å². The second-order valence-electron chi connectivity index (χ2n) is 8.36. The highest BCUT2D eigenvalue weighted by atomic mass is 35.5. The number of hydrogen-bond donors (Lipinski definition) is 4. The van der Waals surface area contributed by atoms with Crippen molar-refractivity contribution in [2.45, 2.75) is 32.7 Å². The number of halogens is 1. The van der Waals surface area contributed by atoms with Gasteiger partial charge in [-0.15, -0.1) is 0 Å². The fourth-order valence-corrected chi connectivity index (χ4v) is 3.79. The molecule has 31 heavy (non-hydrogen) atoms. The summed E-state index contributed by atoms with van der Waals surface area (Å²) in [6.07, 6.45) is 2.15. The summed E-state index contributed by atoms with van der Waals surface area (Å²) in [5, 5.41) is 9.54. The SMILES string of the molecule is CC(C)(C)n1nc(-c2[nH]c3cc(C(=O)NCCCN)ccc3c2Cl)c2c(N)ncnc21. The van der Waals surface area contributed by atoms with Gasteiger partial charge < -0.3 is 21.8 Å². The van der Waals surface area contributed by atoms with Gasteiger partial charge in [0.25, 0.3) is 5.91 Å². The molecule has 4 rings (SSSR count). The summed E-state index contributed by atoms with van der Waals surface area (Å²) in [6.45, 7) is 7.15. The first kappa shape index (κ1) is 21.1. The van der Waals surface area contributed by atoms with Crippen molar-refractivity contribution < 1.29 is 4.79 Å². The highest BCUT2D eigenvalue weighted by molar-refractivity contribution is 6.38. The van der Waals surface area contributed by atoms with E-state index in [0.29, 0.717) is 51.9 Å². The zero-order chi connectivity index (χ0) is 22.3. The fourth-order valence-electron chi connectivity index (χ4n) is 3.49. The predicted molar refractivity (Wildman–Crippen MR) is 123 cm³/mol. The topological polar surface area (TPSA) is 141 Å². The molecular weight excluding hydrogens is 416 g/mol. The molecule has 4 aromatic rings. The second kappa shape index (κ2) is 7.82. The van der Waals surface area contributed by atoms with Crippen LogP contribution in [0.4, 0.5) is 5.82 Å². The number of aromatic amines is 1. The third-order valence-electron chi connectivity index (χ3n) is 5.03. The summed E-state index contributed by atoms with van der Waals surface area (Å²) in [4.78, 5) is 24.3. The van der Waals surface area contributed by atoms with E-state index >= 15 is 0 Å². The number of nitrogens with two attached hydrogens (primary N) is 2. The monoisotopic (exact) mass is 440 g/mol. The van der Waals surface area contributed by atoms with E-state index in [1.165, 1.54) is 6.33 Å². The lowest BCUT2D eigenvalue weighted by atomic mass is 10.1. The minimum atomic E-state index is -0.329. The van der Waals surface area contributed by atoms with E-state index in [9.17, 15) is 4.79 Å². The molecule has 9 nitrogen and oxygen atoms in total. The molecule has 0 unspecified atom stereocenters. The van der Waals surface area contributed by atoms with Crippen LogP contribution >= 0.6 is 11.6 Å². The smallest absolute Gasteiger partial charge is 0.251 e. The summed E-state index contributed by atoms with van der Waals surface area (Å²) >= 11 is 6.73. The average Bonchev–Trinajstić information content (AvgIpc) is 3.27. The second-order valence-corrected chi connectivity index (χ2v) is 8.74. The number of benzene rings is 1. The van der Waals surface area contributed by atoms with Gasteiger partial charge in [0.2, 0.25) is 0 Å². The lowest BCUT2D eigenvalue weighted by molar-refractivity contribution is 0.0953. The van der Waals surface area contributed by atoms with E-state index in [1.54, 1.807) is 12.1 Å². The van der Waals surface area contributed by atoms with Gasteiger partial charge in [-0.1, -0.05) is 17.7 Å². The van der Waals surface area contributed by atoms with Gasteiger partial charge >= 0.3 is 0 Å². The van der Waals surface area contributed by atoms with Gasteiger partial charge in [0, 0.05) is 23.0 Å². The third kappa shape index (κ3) is 3.70. The maximum atomic E-state index is 12.4. The van der Waals surface area contributed by atoms with Crippen LogP contribution in [0.3, 0.4) is 0 Å². The summed E-state index contributed by atoms with van der Waals surface area (Å²) in [6, 6.07) is 5.33. The first-order valence-electron chi connectivity index (χ1n) is 10.0. The van der Waals surface area contributed by atoms with Crippen LogP contribution in [0.2, 0.25) is 5.02 Å². The number of rotatable bonds is 5. The summed E-state index contributed by atoms with van der Waals surface area (Å²) in [5.41, 5.74) is 14.4. The van der Waals surface area contributed by atoms with Crippen molar-refractivity contribution in [1.29, 1.82) is 0 Å². The average molecular weight is 441 g/mol. The molecule has 10 heteroatoms. The van der Waals surface area contributed by atoms with Crippen molar-refractivity contribution in [3.63, 3.8) is 0 Å². The van der Waals surface area contributed by atoms with Crippen LogP contribution in [-0.2, 0) is 5.54 Å². The van der Waals surface area contributed by atoms with Gasteiger partial charge in [-0.3, -0.25) is 4.79 Å². The van der Waals surface area contributed by atoms with E-state index < -0.39 is 0 Å². The Kier molecular flexibility index (Phi) is 5.32. The molecule has 0 atom stereocenters. The van der Waals surface area contributed by atoms with Gasteiger partial charge in [0.05, 0.1) is 21.6 Å². The first-order valence-corrected chi connectivity index (χ1v) is 10.4. The molecule has 0 saturated heterocycles. The standard InChI is InChI=1S/C21H25ClN8O/c1-21(2,3)30-19-14(18(24)26-10-27-19)16(29-30)17-15(22)12-6-5-11(9-13(12)28-17)20(31)25-8-4-7-23/h5-6,9-10,28H,4,7-8,23H2,1-3H3,(H,25,31)(H2,24,26,27). The van der Waals surface area contributed by atoms with Crippen LogP contribution in [0.25, 0.3) is 33.3 Å². The Morgan fingerprint density at radius 1 is 1.29 bits per heavy atom. The molecule has 0 aliphatic carbocycles. The zero-order valence-electron chi connectivity index (χ0n) is 17.7. The van der Waals surface area contributed by atoms with Crippen molar-refractivity contribution in [3.8, 4) is 11.4 Å². The number of aromatic nitrogens is 5. The van der Waals surface area contributed by atoms with E-state index in [1.807, 2.05) is 31.5 Å². The highest BCUT2D eigenvalue weighted by Gasteiger charge is 2.26. The number of fused-ring (bicyclic) bond motifs is 2. The summed E-state index contributed by atoms with van der Waals surface area (Å²) in [5.74, 6) is 0.160. The normalized spacial score (nSPS) is 12.0. The molecule has 3 heterocycles. The first-order chi connectivity index (χ1) is 14.7. The van der Waals surface area contributed by atoms with Crippen LogP contribution in [0.15, 0.2) is 24.5 Å². The Hall–Kier alpha value is -3.17. The minimum absolute atomic E-state index is 0.164. The van der Waals surface area contributed by atoms with Crippen LogP contribution in [0.5, 0.6) is 0 Å². The number of carbonyl (C=O) groups excluding carboxylic acids is 1. The van der Waals surface area contributed by atoms with Gasteiger partial charge in [0.1, 0.15) is 17.8 Å². The molecule has 0 radical (unpaired) electrons. The van der Waals surface area contributed by atoms with E-state index in [4.69, 9.17) is 28.2 Å². The molecule has 1 amide bonds. The van der Waals surface area contributed by atoms with Crippen molar-refractivity contribution in [2.24, 2.45) is 5.73 Å². The minimum Gasteiger partial charge on any atom is -0.383 e. The van der Waals surface area contributed by atoms with Crippen LogP contribution < -0.4 is 16.8 Å². The lowest BCUT2D eigenvalue weighted by Gasteiger charge is -2.19. The number of amides is 1. The molecule has 0 saturated carbocycles. The Balaban J connectivity index is 1.85. The number of nitrogens with one attached hydrogen (secondary N) is 2. The Morgan fingerprint density at radius 3 is 2.77 bits per heavy atom. The van der Waals surface area contributed by atoms with Crippen molar-refractivity contribution >= 4 is 45.3 Å². The molecular formula is C21H25ClN8O. The van der Waals surface area contributed by atoms with Crippen molar-refractivity contribution in [1.82, 2.24) is 30.0 Å². The van der Waals surface area contributed by atoms with Crippen molar-refractivity contribution in [3.05, 3.63) is 35.1 Å². The van der Waals surface area contributed by atoms with Gasteiger partial charge in [-0.05, 0) is 45.9 Å². The van der Waals surface area contributed by atoms with Crippen LogP contribution in [0, 0.1) is 0 Å². The number of anilines is 1. The summed E-state index contributed by atoms with van der Waals surface area (Å²) < 4.78 is 1.81. The molecule has 6 N–H and O–H groups in total. The van der Waals surface area contributed by atoms with Gasteiger partial charge in [0.15, 0.2) is 5.65 Å². The molecule has 0 spiro atoms. The molecule has 0 aliphatic rings. The fraction of sp³-hybridized carbons (Fsp3) is 0.333. The zero-order valence-corrected chi connectivity index (χ0v) is 18.4. The van der Waals surface area contributed by atoms with Gasteiger partial charge in [-0.2, -0.15) is 5.10 Å². The molecule has 0 aliphatic heterocycles. The Morgan fingerprint density at radius 2 is 2.06 bits per heavy atom. The maximum absolute atomic E-state index is 12.4. The van der Waals surface area contributed by atoms with E-state index in [-0.39, 0.29) is 11.4 Å². The van der Waals surface area contributed by atoms with Gasteiger partial charge in [-0.25, -0.2) is 14.6 Å². The number of nitrogens with zero attached hydrogens (tertiary/aromatic N) is 4. The molecule has 0 bridgehead atoms.